The Bertz CT molecular complexity index is 1010. The molecule has 0 aliphatic heterocycles. The highest BCUT2D eigenvalue weighted by Gasteiger charge is 2.21. The fourth-order valence-corrected chi connectivity index (χ4v) is 4.59. The van der Waals surface area contributed by atoms with Crippen LogP contribution in [0.25, 0.3) is 10.2 Å². The van der Waals surface area contributed by atoms with Crippen molar-refractivity contribution in [1.82, 2.24) is 9.88 Å². The normalized spacial score (nSPS) is 11.4. The molecular formula is C23H29N3OS. The summed E-state index contributed by atoms with van der Waals surface area (Å²) in [5.74, 6) is 0.0993. The molecule has 0 radical (unpaired) electrons. The van der Waals surface area contributed by atoms with Gasteiger partial charge in [-0.05, 0) is 70.1 Å². The number of hydrogen-bond donors (Lipinski definition) is 0. The van der Waals surface area contributed by atoms with Gasteiger partial charge in [-0.15, -0.1) is 0 Å². The summed E-state index contributed by atoms with van der Waals surface area (Å²) in [5, 5.41) is 0.792. The van der Waals surface area contributed by atoms with Crippen LogP contribution in [0.5, 0.6) is 0 Å². The number of carbonyl (C=O) groups is 1. The number of anilines is 1. The van der Waals surface area contributed by atoms with E-state index in [1.54, 1.807) is 11.3 Å². The molecule has 2 aromatic carbocycles. The number of fused-ring (bicyclic) bond motifs is 1. The Hall–Kier alpha value is -2.24. The lowest BCUT2D eigenvalue weighted by Crippen LogP contribution is -2.37. The second-order valence-electron chi connectivity index (χ2n) is 7.88. The highest BCUT2D eigenvalue weighted by Crippen LogP contribution is 2.32. The Morgan fingerprint density at radius 2 is 1.68 bits per heavy atom. The molecule has 5 heteroatoms. The van der Waals surface area contributed by atoms with E-state index in [2.05, 4.69) is 62.9 Å². The zero-order chi connectivity index (χ0) is 20.4. The van der Waals surface area contributed by atoms with Gasteiger partial charge in [-0.25, -0.2) is 4.98 Å². The highest BCUT2D eigenvalue weighted by atomic mass is 32.1. The molecule has 0 N–H and O–H groups in total. The van der Waals surface area contributed by atoms with Crippen molar-refractivity contribution in [3.63, 3.8) is 0 Å². The topological polar surface area (TPSA) is 36.4 Å². The first-order valence-electron chi connectivity index (χ1n) is 9.63. The van der Waals surface area contributed by atoms with Gasteiger partial charge in [0.1, 0.15) is 0 Å². The molecule has 0 aliphatic rings. The molecular weight excluding hydrogens is 366 g/mol. The molecule has 4 nitrogen and oxygen atoms in total. The molecule has 1 amide bonds. The largest absolute Gasteiger partial charge is 0.308 e. The number of thiazole rings is 1. The number of amides is 1. The molecule has 0 unspecified atom stereocenters. The van der Waals surface area contributed by atoms with Crippen LogP contribution in [0.4, 0.5) is 5.13 Å². The van der Waals surface area contributed by atoms with E-state index in [0.717, 1.165) is 38.6 Å². The minimum atomic E-state index is 0.0993. The first kappa shape index (κ1) is 20.5. The maximum Gasteiger partial charge on any atom is 0.233 e. The predicted octanol–water partition coefficient (Wildman–Crippen LogP) is 4.67. The zero-order valence-electron chi connectivity index (χ0n) is 17.7. The van der Waals surface area contributed by atoms with Crippen molar-refractivity contribution < 1.29 is 4.79 Å². The summed E-state index contributed by atoms with van der Waals surface area (Å²) in [6.45, 7) is 9.76. The smallest absolute Gasteiger partial charge is 0.233 e. The van der Waals surface area contributed by atoms with Crippen molar-refractivity contribution >= 4 is 32.6 Å². The Balaban J connectivity index is 1.94. The van der Waals surface area contributed by atoms with E-state index >= 15 is 0 Å². The third-order valence-corrected chi connectivity index (χ3v) is 5.99. The minimum absolute atomic E-state index is 0.0993. The Labute approximate surface area is 171 Å². The summed E-state index contributed by atoms with van der Waals surface area (Å²) >= 11 is 1.61. The van der Waals surface area contributed by atoms with E-state index < -0.39 is 0 Å². The first-order valence-corrected chi connectivity index (χ1v) is 10.5. The van der Waals surface area contributed by atoms with E-state index in [4.69, 9.17) is 4.98 Å². The predicted molar refractivity (Wildman–Crippen MR) is 120 cm³/mol. The number of rotatable bonds is 6. The molecule has 0 spiro atoms. The number of likely N-dealkylation sites (N-methyl/N-ethyl adjacent to an activating group) is 1. The summed E-state index contributed by atoms with van der Waals surface area (Å²) in [7, 11) is 4.05. The van der Waals surface area contributed by atoms with Gasteiger partial charge in [-0.1, -0.05) is 41.2 Å². The molecule has 1 aromatic heterocycles. The fourth-order valence-electron chi connectivity index (χ4n) is 3.40. The lowest BCUT2D eigenvalue weighted by atomic mass is 10.0. The van der Waals surface area contributed by atoms with Crippen LogP contribution < -0.4 is 4.90 Å². The Morgan fingerprint density at radius 1 is 0.964 bits per heavy atom. The van der Waals surface area contributed by atoms with Gasteiger partial charge in [0, 0.05) is 13.1 Å². The van der Waals surface area contributed by atoms with Gasteiger partial charge >= 0.3 is 0 Å². The van der Waals surface area contributed by atoms with Crippen LogP contribution in [0, 0.1) is 27.7 Å². The maximum absolute atomic E-state index is 13.3. The molecule has 0 saturated carbocycles. The second kappa shape index (κ2) is 8.41. The number of carbonyl (C=O) groups excluding carboxylic acids is 1. The molecule has 0 saturated heterocycles. The van der Waals surface area contributed by atoms with Gasteiger partial charge in [0.15, 0.2) is 5.13 Å². The SMILES string of the molecule is Cc1ccc(CC(=O)N(CCN(C)C)c2nc3c(C)cc(C)cc3s2)c(C)c1. The highest BCUT2D eigenvalue weighted by molar-refractivity contribution is 7.22. The number of nitrogens with zero attached hydrogens (tertiary/aromatic N) is 3. The molecule has 0 atom stereocenters. The van der Waals surface area contributed by atoms with Crippen LogP contribution >= 0.6 is 11.3 Å². The van der Waals surface area contributed by atoms with Gasteiger partial charge in [0.25, 0.3) is 0 Å². The van der Waals surface area contributed by atoms with E-state index in [-0.39, 0.29) is 5.91 Å². The van der Waals surface area contributed by atoms with Gasteiger partial charge < -0.3 is 4.90 Å². The maximum atomic E-state index is 13.3. The van der Waals surface area contributed by atoms with Gasteiger partial charge in [0.2, 0.25) is 5.91 Å². The molecule has 28 heavy (non-hydrogen) atoms. The second-order valence-corrected chi connectivity index (χ2v) is 8.89. The summed E-state index contributed by atoms with van der Waals surface area (Å²) in [5.41, 5.74) is 6.85. The minimum Gasteiger partial charge on any atom is -0.308 e. The zero-order valence-corrected chi connectivity index (χ0v) is 18.5. The third-order valence-electron chi connectivity index (χ3n) is 4.96. The van der Waals surface area contributed by atoms with Crippen LogP contribution in [-0.4, -0.2) is 43.0 Å². The van der Waals surface area contributed by atoms with E-state index in [0.29, 0.717) is 13.0 Å². The molecule has 148 valence electrons. The lowest BCUT2D eigenvalue weighted by Gasteiger charge is -2.22. The molecule has 0 bridgehead atoms. The fraction of sp³-hybridized carbons (Fsp3) is 0.391. The van der Waals surface area contributed by atoms with Crippen LogP contribution in [0.2, 0.25) is 0 Å². The summed E-state index contributed by atoms with van der Waals surface area (Å²) in [6, 6.07) is 10.6. The molecule has 0 aliphatic carbocycles. The summed E-state index contributed by atoms with van der Waals surface area (Å²) in [6.07, 6.45) is 0.396. The third kappa shape index (κ3) is 4.59. The van der Waals surface area contributed by atoms with Crippen molar-refractivity contribution in [2.45, 2.75) is 34.1 Å². The first-order chi connectivity index (χ1) is 13.2. The van der Waals surface area contributed by atoms with Crippen molar-refractivity contribution in [3.05, 3.63) is 58.1 Å². The van der Waals surface area contributed by atoms with Gasteiger partial charge in [-0.2, -0.15) is 0 Å². The van der Waals surface area contributed by atoms with Crippen molar-refractivity contribution in [2.75, 3.05) is 32.1 Å². The van der Waals surface area contributed by atoms with Gasteiger partial charge in [0.05, 0.1) is 16.6 Å². The quantitative estimate of drug-likeness (QED) is 0.609. The average Bonchev–Trinajstić information content (AvgIpc) is 3.01. The van der Waals surface area contributed by atoms with Crippen LogP contribution in [0.15, 0.2) is 30.3 Å². The number of benzene rings is 2. The summed E-state index contributed by atoms with van der Waals surface area (Å²) < 4.78 is 1.14. The Morgan fingerprint density at radius 3 is 2.36 bits per heavy atom. The van der Waals surface area contributed by atoms with Crippen LogP contribution in [0.1, 0.15) is 27.8 Å². The number of hydrogen-bond acceptors (Lipinski definition) is 4. The number of aryl methyl sites for hydroxylation is 4. The van der Waals surface area contributed by atoms with E-state index in [1.807, 2.05) is 19.0 Å². The standard InChI is InChI=1S/C23H29N3OS/c1-15-7-8-19(17(3)11-15)14-21(27)26(10-9-25(5)6)23-24-22-18(4)12-16(2)13-20(22)28-23/h7-8,11-13H,9-10,14H2,1-6H3. The van der Waals surface area contributed by atoms with E-state index in [9.17, 15) is 4.79 Å². The van der Waals surface area contributed by atoms with Crippen molar-refractivity contribution in [3.8, 4) is 0 Å². The lowest BCUT2D eigenvalue weighted by molar-refractivity contribution is -0.118. The molecule has 1 heterocycles. The molecule has 3 aromatic rings. The van der Waals surface area contributed by atoms with Crippen LogP contribution in [-0.2, 0) is 11.2 Å². The van der Waals surface area contributed by atoms with Gasteiger partial charge in [-0.3, -0.25) is 9.69 Å². The Kier molecular flexibility index (Phi) is 6.16. The van der Waals surface area contributed by atoms with Crippen molar-refractivity contribution in [1.29, 1.82) is 0 Å². The van der Waals surface area contributed by atoms with Crippen molar-refractivity contribution in [2.24, 2.45) is 0 Å². The summed E-state index contributed by atoms with van der Waals surface area (Å²) in [4.78, 5) is 22.1. The average molecular weight is 396 g/mol. The number of aromatic nitrogens is 1. The molecule has 3 rings (SSSR count). The molecule has 0 fully saturated rings. The van der Waals surface area contributed by atoms with E-state index in [1.165, 1.54) is 11.1 Å². The van der Waals surface area contributed by atoms with Crippen LogP contribution in [0.3, 0.4) is 0 Å². The monoisotopic (exact) mass is 395 g/mol.